The Bertz CT molecular complexity index is 545. The van der Waals surface area contributed by atoms with E-state index in [4.69, 9.17) is 4.74 Å². The monoisotopic (exact) mass is 277 g/mol. The Hall–Kier alpha value is -1.69. The molecule has 1 aromatic rings. The van der Waals surface area contributed by atoms with Crippen molar-refractivity contribution < 1.29 is 9.53 Å². The van der Waals surface area contributed by atoms with E-state index < -0.39 is 0 Å². The molecule has 2 aliphatic carbocycles. The molecule has 1 aromatic heterocycles. The maximum atomic E-state index is 12.1. The van der Waals surface area contributed by atoms with Gasteiger partial charge < -0.3 is 10.1 Å². The van der Waals surface area contributed by atoms with Gasteiger partial charge in [-0.25, -0.2) is 5.10 Å². The molecule has 6 nitrogen and oxygen atoms in total. The van der Waals surface area contributed by atoms with Gasteiger partial charge in [0.1, 0.15) is 5.69 Å². The van der Waals surface area contributed by atoms with Crippen LogP contribution < -0.4 is 10.9 Å². The van der Waals surface area contributed by atoms with Gasteiger partial charge in [-0.3, -0.25) is 9.59 Å². The van der Waals surface area contributed by atoms with E-state index in [1.807, 2.05) is 6.92 Å². The molecule has 20 heavy (non-hydrogen) atoms. The van der Waals surface area contributed by atoms with Gasteiger partial charge >= 0.3 is 0 Å². The van der Waals surface area contributed by atoms with Gasteiger partial charge in [0.2, 0.25) is 0 Å². The number of carbonyl (C=O) groups excluding carboxylic acids is 1. The van der Waals surface area contributed by atoms with Gasteiger partial charge in [-0.2, -0.15) is 5.10 Å². The van der Waals surface area contributed by atoms with Crippen molar-refractivity contribution in [3.63, 3.8) is 0 Å². The van der Waals surface area contributed by atoms with Crippen molar-refractivity contribution in [3.8, 4) is 0 Å². The van der Waals surface area contributed by atoms with Crippen LogP contribution in [0.2, 0.25) is 0 Å². The Morgan fingerprint density at radius 3 is 2.90 bits per heavy atom. The molecule has 108 valence electrons. The molecule has 0 saturated heterocycles. The highest BCUT2D eigenvalue weighted by molar-refractivity contribution is 5.92. The van der Waals surface area contributed by atoms with E-state index in [2.05, 4.69) is 15.5 Å². The summed E-state index contributed by atoms with van der Waals surface area (Å²) < 4.78 is 5.75. The summed E-state index contributed by atoms with van der Waals surface area (Å²) in [4.78, 5) is 23.1. The number of ether oxygens (including phenoxy) is 1. The fourth-order valence-electron chi connectivity index (χ4n) is 3.34. The van der Waals surface area contributed by atoms with Crippen molar-refractivity contribution in [2.45, 2.75) is 44.8 Å². The van der Waals surface area contributed by atoms with Crippen LogP contribution in [-0.2, 0) is 4.74 Å². The standard InChI is InChI=1S/C14H19N3O3/c1-2-20-11-8-10(14(11)6-3-7-14)15-13(19)9-4-5-12(18)17-16-9/h4-5,10-11H,2-3,6-8H2,1H3,(H,15,19)(H,17,18)/t10-,11-/m1/s1. The zero-order valence-corrected chi connectivity index (χ0v) is 11.5. The van der Waals surface area contributed by atoms with Crippen molar-refractivity contribution in [3.05, 3.63) is 28.2 Å². The van der Waals surface area contributed by atoms with E-state index in [0.717, 1.165) is 19.3 Å². The number of aromatic amines is 1. The molecule has 3 rings (SSSR count). The molecule has 1 heterocycles. The van der Waals surface area contributed by atoms with E-state index in [1.54, 1.807) is 0 Å². The maximum absolute atomic E-state index is 12.1. The Morgan fingerprint density at radius 2 is 2.35 bits per heavy atom. The average Bonchev–Trinajstić information content (AvgIpc) is 2.36. The van der Waals surface area contributed by atoms with E-state index in [0.29, 0.717) is 6.61 Å². The average molecular weight is 277 g/mol. The number of carbonyl (C=O) groups is 1. The van der Waals surface area contributed by atoms with Crippen LogP contribution in [0.1, 0.15) is 43.1 Å². The second-order valence-corrected chi connectivity index (χ2v) is 5.60. The van der Waals surface area contributed by atoms with Crippen LogP contribution in [0.5, 0.6) is 0 Å². The number of nitrogens with zero attached hydrogens (tertiary/aromatic N) is 1. The van der Waals surface area contributed by atoms with E-state index in [1.165, 1.54) is 18.6 Å². The molecule has 0 radical (unpaired) electrons. The van der Waals surface area contributed by atoms with Crippen LogP contribution >= 0.6 is 0 Å². The number of nitrogens with one attached hydrogen (secondary N) is 2. The van der Waals surface area contributed by atoms with E-state index in [-0.39, 0.29) is 34.7 Å². The Labute approximate surface area is 116 Å². The van der Waals surface area contributed by atoms with Crippen molar-refractivity contribution >= 4 is 5.91 Å². The summed E-state index contributed by atoms with van der Waals surface area (Å²) in [5, 5.41) is 9.06. The van der Waals surface area contributed by atoms with Crippen LogP contribution in [0.25, 0.3) is 0 Å². The zero-order valence-electron chi connectivity index (χ0n) is 11.5. The van der Waals surface area contributed by atoms with Crippen LogP contribution in [0.3, 0.4) is 0 Å². The molecule has 0 aliphatic heterocycles. The molecule has 2 fully saturated rings. The lowest BCUT2D eigenvalue weighted by Gasteiger charge is -2.60. The van der Waals surface area contributed by atoms with Crippen molar-refractivity contribution in [1.29, 1.82) is 0 Å². The number of H-pyrrole nitrogens is 1. The summed E-state index contributed by atoms with van der Waals surface area (Å²) in [5.41, 5.74) is 0.0735. The third-order valence-corrected chi connectivity index (χ3v) is 4.65. The first-order valence-electron chi connectivity index (χ1n) is 7.14. The van der Waals surface area contributed by atoms with Crippen LogP contribution in [0.15, 0.2) is 16.9 Å². The molecule has 2 saturated carbocycles. The van der Waals surface area contributed by atoms with Gasteiger partial charge in [-0.1, -0.05) is 6.42 Å². The second kappa shape index (κ2) is 5.01. The molecular formula is C14H19N3O3. The normalized spacial score (nSPS) is 26.6. The third kappa shape index (κ3) is 2.04. The molecule has 2 aliphatic rings. The number of rotatable bonds is 4. The van der Waals surface area contributed by atoms with Gasteiger partial charge in [0, 0.05) is 24.1 Å². The fraction of sp³-hybridized carbons (Fsp3) is 0.643. The Morgan fingerprint density at radius 1 is 1.55 bits per heavy atom. The molecule has 1 spiro atoms. The van der Waals surface area contributed by atoms with Crippen molar-refractivity contribution in [1.82, 2.24) is 15.5 Å². The van der Waals surface area contributed by atoms with E-state index in [9.17, 15) is 9.59 Å². The van der Waals surface area contributed by atoms with Crippen molar-refractivity contribution in [2.24, 2.45) is 5.41 Å². The number of hydrogen-bond acceptors (Lipinski definition) is 4. The minimum Gasteiger partial charge on any atom is -0.378 e. The molecule has 6 heteroatoms. The highest BCUT2D eigenvalue weighted by atomic mass is 16.5. The number of aromatic nitrogens is 2. The summed E-state index contributed by atoms with van der Waals surface area (Å²) in [7, 11) is 0. The largest absolute Gasteiger partial charge is 0.378 e. The molecule has 2 atom stereocenters. The van der Waals surface area contributed by atoms with E-state index >= 15 is 0 Å². The zero-order chi connectivity index (χ0) is 14.2. The molecular weight excluding hydrogens is 258 g/mol. The molecule has 0 unspecified atom stereocenters. The van der Waals surface area contributed by atoms with Gasteiger partial charge in [-0.15, -0.1) is 0 Å². The van der Waals surface area contributed by atoms with Crippen LogP contribution in [-0.4, -0.2) is 34.9 Å². The Kier molecular flexibility index (Phi) is 3.33. The first-order valence-corrected chi connectivity index (χ1v) is 7.14. The van der Waals surface area contributed by atoms with Crippen molar-refractivity contribution in [2.75, 3.05) is 6.61 Å². The minimum absolute atomic E-state index is 0.133. The maximum Gasteiger partial charge on any atom is 0.271 e. The summed E-state index contributed by atoms with van der Waals surface area (Å²) in [6, 6.07) is 2.92. The molecule has 2 N–H and O–H groups in total. The second-order valence-electron chi connectivity index (χ2n) is 5.60. The predicted molar refractivity (Wildman–Crippen MR) is 72.4 cm³/mol. The minimum atomic E-state index is -0.308. The third-order valence-electron chi connectivity index (χ3n) is 4.65. The van der Waals surface area contributed by atoms with Gasteiger partial charge in [0.15, 0.2) is 0 Å². The highest BCUT2D eigenvalue weighted by Gasteiger charge is 2.59. The topological polar surface area (TPSA) is 84.1 Å². The van der Waals surface area contributed by atoms with Gasteiger partial charge in [0.05, 0.1) is 6.10 Å². The first kappa shape index (κ1) is 13.3. The number of amides is 1. The summed E-state index contributed by atoms with van der Waals surface area (Å²) in [6.45, 7) is 2.72. The Balaban J connectivity index is 1.65. The molecule has 1 amide bonds. The van der Waals surface area contributed by atoms with Crippen LogP contribution in [0.4, 0.5) is 0 Å². The smallest absolute Gasteiger partial charge is 0.271 e. The first-order chi connectivity index (χ1) is 9.65. The summed E-state index contributed by atoms with van der Waals surface area (Å²) in [5.74, 6) is -0.229. The lowest BCUT2D eigenvalue weighted by molar-refractivity contribution is -0.169. The van der Waals surface area contributed by atoms with Crippen LogP contribution in [0, 0.1) is 5.41 Å². The molecule has 0 bridgehead atoms. The highest BCUT2D eigenvalue weighted by Crippen LogP contribution is 2.57. The predicted octanol–water partition coefficient (Wildman–Crippen LogP) is 0.847. The lowest BCUT2D eigenvalue weighted by Crippen LogP contribution is -2.67. The summed E-state index contributed by atoms with van der Waals surface area (Å²) in [6.07, 6.45) is 4.56. The summed E-state index contributed by atoms with van der Waals surface area (Å²) >= 11 is 0. The van der Waals surface area contributed by atoms with Gasteiger partial charge in [-0.05, 0) is 32.3 Å². The molecule has 0 aromatic carbocycles. The SMILES string of the molecule is CCO[C@@H]1C[C@@H](NC(=O)c2ccc(=O)[nH]n2)C12CCC2. The van der Waals surface area contributed by atoms with Gasteiger partial charge in [0.25, 0.3) is 11.5 Å². The lowest BCUT2D eigenvalue weighted by atomic mass is 9.51. The number of hydrogen-bond donors (Lipinski definition) is 2. The fourth-order valence-corrected chi connectivity index (χ4v) is 3.34. The quantitative estimate of drug-likeness (QED) is 0.854.